The third kappa shape index (κ3) is 15.5. The van der Waals surface area contributed by atoms with Crippen LogP contribution < -0.4 is 0 Å². The summed E-state index contributed by atoms with van der Waals surface area (Å²) in [5, 5.41) is 28.0. The van der Waals surface area contributed by atoms with Gasteiger partial charge in [-0.2, -0.15) is 0 Å². The maximum atomic E-state index is 10.4. The molecule has 0 aliphatic rings. The summed E-state index contributed by atoms with van der Waals surface area (Å²) in [6.07, 6.45) is 18.6. The molecule has 0 heterocycles. The van der Waals surface area contributed by atoms with Crippen LogP contribution in [0.1, 0.15) is 71.1 Å². The van der Waals surface area contributed by atoms with Gasteiger partial charge in [0.1, 0.15) is 0 Å². The maximum Gasteiger partial charge on any atom is 0.303 e. The third-order valence-electron chi connectivity index (χ3n) is 3.73. The van der Waals surface area contributed by atoms with Crippen molar-refractivity contribution in [2.75, 3.05) is 0 Å². The van der Waals surface area contributed by atoms with E-state index in [2.05, 4.69) is 31.2 Å². The van der Waals surface area contributed by atoms with Crippen LogP contribution in [0.15, 0.2) is 36.5 Å². The van der Waals surface area contributed by atoms with Crippen molar-refractivity contribution in [1.82, 2.24) is 0 Å². The fraction of sp³-hybridized carbons (Fsp3) is 0.650. The lowest BCUT2D eigenvalue weighted by Crippen LogP contribution is -2.25. The molecule has 0 bridgehead atoms. The van der Waals surface area contributed by atoms with Gasteiger partial charge in [0.05, 0.1) is 12.2 Å². The standard InChI is InChI=1S/C20H34O4/c1-2-3-4-5-6-7-8-9-10-11-12-13-15-18(21)19(22)16-14-17-20(23)24/h6-7,9-10,12-13,18-19,21-22H,2-5,8,11,14-17H2,1H3,(H,23,24). The Balaban J connectivity index is 3.65. The molecule has 4 nitrogen and oxygen atoms in total. The van der Waals surface area contributed by atoms with Crippen molar-refractivity contribution in [1.29, 1.82) is 0 Å². The molecule has 2 atom stereocenters. The minimum Gasteiger partial charge on any atom is -0.481 e. The van der Waals surface area contributed by atoms with Gasteiger partial charge in [-0.05, 0) is 44.9 Å². The number of aliphatic carboxylic acids is 1. The van der Waals surface area contributed by atoms with Gasteiger partial charge in [-0.1, -0.05) is 56.2 Å². The monoisotopic (exact) mass is 338 g/mol. The first kappa shape index (κ1) is 22.6. The highest BCUT2D eigenvalue weighted by molar-refractivity contribution is 5.66. The average molecular weight is 338 g/mol. The summed E-state index contributed by atoms with van der Waals surface area (Å²) in [5.74, 6) is -0.876. The quantitative estimate of drug-likeness (QED) is 0.306. The van der Waals surface area contributed by atoms with E-state index in [1.807, 2.05) is 12.2 Å². The van der Waals surface area contributed by atoms with E-state index in [1.54, 1.807) is 0 Å². The molecule has 24 heavy (non-hydrogen) atoms. The molecule has 0 saturated heterocycles. The van der Waals surface area contributed by atoms with E-state index in [0.29, 0.717) is 19.3 Å². The lowest BCUT2D eigenvalue weighted by atomic mass is 10.0. The first-order valence-corrected chi connectivity index (χ1v) is 9.10. The number of allylic oxidation sites excluding steroid dienone is 5. The van der Waals surface area contributed by atoms with Crippen LogP contribution in [0.4, 0.5) is 0 Å². The van der Waals surface area contributed by atoms with Gasteiger partial charge in [-0.15, -0.1) is 0 Å². The Morgan fingerprint density at radius 2 is 1.50 bits per heavy atom. The molecular weight excluding hydrogens is 304 g/mol. The summed E-state index contributed by atoms with van der Waals surface area (Å²) in [7, 11) is 0. The lowest BCUT2D eigenvalue weighted by Gasteiger charge is -2.15. The van der Waals surface area contributed by atoms with Crippen LogP contribution in [0.2, 0.25) is 0 Å². The average Bonchev–Trinajstić information content (AvgIpc) is 2.55. The smallest absolute Gasteiger partial charge is 0.303 e. The zero-order valence-electron chi connectivity index (χ0n) is 14.9. The van der Waals surface area contributed by atoms with Crippen LogP contribution >= 0.6 is 0 Å². The zero-order chi connectivity index (χ0) is 18.0. The molecule has 138 valence electrons. The Bertz CT molecular complexity index is 385. The van der Waals surface area contributed by atoms with E-state index in [4.69, 9.17) is 5.11 Å². The van der Waals surface area contributed by atoms with Gasteiger partial charge in [-0.3, -0.25) is 4.79 Å². The zero-order valence-corrected chi connectivity index (χ0v) is 14.9. The summed E-state index contributed by atoms with van der Waals surface area (Å²) < 4.78 is 0. The van der Waals surface area contributed by atoms with E-state index in [9.17, 15) is 15.0 Å². The van der Waals surface area contributed by atoms with Crippen LogP contribution in [0.3, 0.4) is 0 Å². The van der Waals surface area contributed by atoms with Gasteiger partial charge in [-0.25, -0.2) is 0 Å². The Morgan fingerprint density at radius 3 is 2.12 bits per heavy atom. The molecule has 0 aliphatic heterocycles. The molecule has 0 fully saturated rings. The largest absolute Gasteiger partial charge is 0.481 e. The predicted octanol–water partition coefficient (Wildman–Crippen LogP) is 4.38. The number of rotatable bonds is 15. The topological polar surface area (TPSA) is 77.8 Å². The molecule has 0 aromatic carbocycles. The lowest BCUT2D eigenvalue weighted by molar-refractivity contribution is -0.137. The molecule has 3 N–H and O–H groups in total. The van der Waals surface area contributed by atoms with Crippen molar-refractivity contribution >= 4 is 5.97 Å². The third-order valence-corrected chi connectivity index (χ3v) is 3.73. The summed E-state index contributed by atoms with van der Waals surface area (Å²) in [6, 6.07) is 0. The first-order valence-electron chi connectivity index (χ1n) is 9.10. The number of aliphatic hydroxyl groups excluding tert-OH is 2. The van der Waals surface area contributed by atoms with Crippen molar-refractivity contribution in [3.63, 3.8) is 0 Å². The number of hydrogen-bond donors (Lipinski definition) is 3. The minimum atomic E-state index is -0.876. The Hall–Kier alpha value is -1.39. The van der Waals surface area contributed by atoms with Gasteiger partial charge in [0.15, 0.2) is 0 Å². The van der Waals surface area contributed by atoms with E-state index < -0.39 is 18.2 Å². The molecular formula is C20H34O4. The van der Waals surface area contributed by atoms with Crippen LogP contribution in [0.5, 0.6) is 0 Å². The summed E-state index contributed by atoms with van der Waals surface area (Å²) in [4.78, 5) is 10.4. The van der Waals surface area contributed by atoms with Gasteiger partial charge in [0.2, 0.25) is 0 Å². The van der Waals surface area contributed by atoms with E-state index >= 15 is 0 Å². The summed E-state index contributed by atoms with van der Waals surface area (Å²) >= 11 is 0. The molecule has 4 heteroatoms. The second-order valence-corrected chi connectivity index (χ2v) is 6.04. The highest BCUT2D eigenvalue weighted by Crippen LogP contribution is 2.09. The number of hydrogen-bond acceptors (Lipinski definition) is 3. The van der Waals surface area contributed by atoms with E-state index in [1.165, 1.54) is 19.3 Å². The molecule has 0 aromatic heterocycles. The second kappa shape index (κ2) is 16.5. The maximum absolute atomic E-state index is 10.4. The molecule has 0 radical (unpaired) electrons. The highest BCUT2D eigenvalue weighted by Gasteiger charge is 2.14. The number of carboxylic acid groups (broad SMARTS) is 1. The van der Waals surface area contributed by atoms with Crippen molar-refractivity contribution in [3.8, 4) is 0 Å². The molecule has 2 unspecified atom stereocenters. The Labute approximate surface area is 146 Å². The molecule has 0 saturated carbocycles. The summed E-state index contributed by atoms with van der Waals surface area (Å²) in [6.45, 7) is 2.21. The van der Waals surface area contributed by atoms with Crippen LogP contribution in [-0.4, -0.2) is 33.5 Å². The molecule has 0 aliphatic carbocycles. The van der Waals surface area contributed by atoms with Gasteiger partial charge in [0.25, 0.3) is 0 Å². The van der Waals surface area contributed by atoms with E-state index in [-0.39, 0.29) is 6.42 Å². The first-order chi connectivity index (χ1) is 11.6. The van der Waals surface area contributed by atoms with Crippen LogP contribution in [0.25, 0.3) is 0 Å². The number of unbranched alkanes of at least 4 members (excludes halogenated alkanes) is 3. The van der Waals surface area contributed by atoms with Crippen molar-refractivity contribution in [2.45, 2.75) is 83.3 Å². The predicted molar refractivity (Wildman–Crippen MR) is 98.9 cm³/mol. The number of aliphatic hydroxyl groups is 2. The Kier molecular flexibility index (Phi) is 15.5. The fourth-order valence-corrected chi connectivity index (χ4v) is 2.22. The van der Waals surface area contributed by atoms with Gasteiger partial charge < -0.3 is 15.3 Å². The number of carbonyl (C=O) groups is 1. The Morgan fingerprint density at radius 1 is 0.875 bits per heavy atom. The summed E-state index contributed by atoms with van der Waals surface area (Å²) in [5.41, 5.74) is 0. The number of carboxylic acids is 1. The van der Waals surface area contributed by atoms with E-state index in [0.717, 1.165) is 19.3 Å². The fourth-order valence-electron chi connectivity index (χ4n) is 2.22. The van der Waals surface area contributed by atoms with Gasteiger partial charge in [0, 0.05) is 6.42 Å². The highest BCUT2D eigenvalue weighted by atomic mass is 16.4. The molecule has 0 amide bonds. The normalized spacial score (nSPS) is 14.8. The van der Waals surface area contributed by atoms with Crippen molar-refractivity contribution < 1.29 is 20.1 Å². The van der Waals surface area contributed by atoms with Crippen LogP contribution in [-0.2, 0) is 4.79 Å². The minimum absolute atomic E-state index is 0.0253. The van der Waals surface area contributed by atoms with Crippen molar-refractivity contribution in [2.24, 2.45) is 0 Å². The molecule has 0 rings (SSSR count). The molecule has 0 aromatic rings. The van der Waals surface area contributed by atoms with Gasteiger partial charge >= 0.3 is 5.97 Å². The molecule has 0 spiro atoms. The van der Waals surface area contributed by atoms with Crippen molar-refractivity contribution in [3.05, 3.63) is 36.5 Å². The SMILES string of the molecule is CCCCCC=CCC=CCC=CCC(O)C(O)CCCC(=O)O. The van der Waals surface area contributed by atoms with Crippen LogP contribution in [0, 0.1) is 0 Å². The second-order valence-electron chi connectivity index (χ2n) is 6.04.